The first-order valence-electron chi connectivity index (χ1n) is 3.72. The van der Waals surface area contributed by atoms with E-state index in [0.29, 0.717) is 6.04 Å². The number of hydrogen-bond donors (Lipinski definition) is 2. The van der Waals surface area contributed by atoms with Crippen LogP contribution in [0.1, 0.15) is 26.2 Å². The van der Waals surface area contributed by atoms with Gasteiger partial charge in [-0.15, -0.1) is 0 Å². The van der Waals surface area contributed by atoms with Crippen LogP contribution in [-0.2, 0) is 0 Å². The molecule has 1 saturated heterocycles. The highest BCUT2D eigenvalue weighted by atomic mass is 16.3. The van der Waals surface area contributed by atoms with Gasteiger partial charge in [0, 0.05) is 6.04 Å². The van der Waals surface area contributed by atoms with Crippen LogP contribution in [0.25, 0.3) is 0 Å². The Bertz CT molecular complexity index is 77.0. The van der Waals surface area contributed by atoms with E-state index in [4.69, 9.17) is 5.11 Å². The average Bonchev–Trinajstić information content (AvgIpc) is 1.90. The molecule has 2 N–H and O–H groups in total. The Morgan fingerprint density at radius 3 is 2.67 bits per heavy atom. The van der Waals surface area contributed by atoms with Gasteiger partial charge in [0.1, 0.15) is 0 Å². The van der Waals surface area contributed by atoms with E-state index >= 15 is 0 Å². The van der Waals surface area contributed by atoms with Crippen LogP contribution in [0.3, 0.4) is 0 Å². The third-order valence-electron chi connectivity index (χ3n) is 1.93. The van der Waals surface area contributed by atoms with Crippen molar-refractivity contribution in [2.75, 3.05) is 6.54 Å². The highest BCUT2D eigenvalue weighted by Gasteiger charge is 2.16. The summed E-state index contributed by atoms with van der Waals surface area (Å²) in [4.78, 5) is 0. The Balaban J connectivity index is 2.23. The summed E-state index contributed by atoms with van der Waals surface area (Å²) < 4.78 is 0. The van der Waals surface area contributed by atoms with Crippen molar-refractivity contribution in [2.24, 2.45) is 0 Å². The number of hydrogen-bond acceptors (Lipinski definition) is 2. The molecule has 0 amide bonds. The Kier molecular flexibility index (Phi) is 2.49. The number of aliphatic hydroxyl groups is 1. The summed E-state index contributed by atoms with van der Waals surface area (Å²) in [5, 5.41) is 12.4. The van der Waals surface area contributed by atoms with E-state index in [9.17, 15) is 0 Å². The zero-order valence-corrected chi connectivity index (χ0v) is 5.93. The molecule has 1 rings (SSSR count). The lowest BCUT2D eigenvalue weighted by Crippen LogP contribution is -2.41. The molecular formula is C7H15NO. The van der Waals surface area contributed by atoms with Crippen LogP contribution < -0.4 is 5.32 Å². The molecule has 2 nitrogen and oxygen atoms in total. The zero-order chi connectivity index (χ0) is 6.69. The van der Waals surface area contributed by atoms with Crippen molar-refractivity contribution in [3.8, 4) is 0 Å². The van der Waals surface area contributed by atoms with Gasteiger partial charge in [-0.1, -0.05) is 6.42 Å². The second-order valence-electron chi connectivity index (χ2n) is 2.80. The molecule has 0 spiro atoms. The first-order valence-corrected chi connectivity index (χ1v) is 3.72. The zero-order valence-electron chi connectivity index (χ0n) is 5.93. The van der Waals surface area contributed by atoms with Gasteiger partial charge in [-0.3, -0.25) is 0 Å². The van der Waals surface area contributed by atoms with Crippen molar-refractivity contribution in [1.29, 1.82) is 0 Å². The fourth-order valence-corrected chi connectivity index (χ4v) is 1.29. The maximum atomic E-state index is 9.11. The maximum Gasteiger partial charge on any atom is 0.0665 e. The summed E-state index contributed by atoms with van der Waals surface area (Å²) in [6, 6.07) is 0.360. The van der Waals surface area contributed by atoms with Crippen LogP contribution in [0.2, 0.25) is 0 Å². The van der Waals surface area contributed by atoms with Crippen molar-refractivity contribution < 1.29 is 5.11 Å². The molecule has 2 atom stereocenters. The summed E-state index contributed by atoms with van der Waals surface area (Å²) in [7, 11) is 0. The lowest BCUT2D eigenvalue weighted by atomic mass is 10.0. The van der Waals surface area contributed by atoms with E-state index in [1.54, 1.807) is 0 Å². The van der Waals surface area contributed by atoms with Crippen LogP contribution in [0.4, 0.5) is 0 Å². The molecular weight excluding hydrogens is 114 g/mol. The van der Waals surface area contributed by atoms with Crippen molar-refractivity contribution in [1.82, 2.24) is 5.32 Å². The highest BCUT2D eigenvalue weighted by Crippen LogP contribution is 2.09. The van der Waals surface area contributed by atoms with E-state index in [2.05, 4.69) is 5.32 Å². The molecule has 0 aromatic carbocycles. The summed E-state index contributed by atoms with van der Waals surface area (Å²) >= 11 is 0. The lowest BCUT2D eigenvalue weighted by Gasteiger charge is -2.25. The van der Waals surface area contributed by atoms with E-state index < -0.39 is 0 Å². The Hall–Kier alpha value is -0.0800. The number of aliphatic hydroxyl groups excluding tert-OH is 1. The summed E-state index contributed by atoms with van der Waals surface area (Å²) in [5.74, 6) is 0. The van der Waals surface area contributed by atoms with Gasteiger partial charge < -0.3 is 10.4 Å². The van der Waals surface area contributed by atoms with Gasteiger partial charge in [-0.2, -0.15) is 0 Å². The summed E-state index contributed by atoms with van der Waals surface area (Å²) in [6.45, 7) is 2.93. The molecule has 1 heterocycles. The van der Waals surface area contributed by atoms with Crippen LogP contribution in [0.5, 0.6) is 0 Å². The Morgan fingerprint density at radius 1 is 1.56 bits per heavy atom. The predicted molar refractivity (Wildman–Crippen MR) is 37.3 cm³/mol. The maximum absolute atomic E-state index is 9.11. The van der Waals surface area contributed by atoms with Gasteiger partial charge >= 0.3 is 0 Å². The van der Waals surface area contributed by atoms with Gasteiger partial charge in [0.2, 0.25) is 0 Å². The highest BCUT2D eigenvalue weighted by molar-refractivity contribution is 4.75. The molecule has 0 aromatic rings. The van der Waals surface area contributed by atoms with E-state index in [0.717, 1.165) is 13.0 Å². The molecule has 9 heavy (non-hydrogen) atoms. The molecule has 0 aliphatic carbocycles. The van der Waals surface area contributed by atoms with Crippen LogP contribution in [-0.4, -0.2) is 23.8 Å². The normalized spacial score (nSPS) is 32.0. The van der Waals surface area contributed by atoms with Gasteiger partial charge in [0.05, 0.1) is 6.10 Å². The SMILES string of the molecule is C[C@@H](O)[C@H]1CCCCN1. The fraction of sp³-hybridized carbons (Fsp3) is 1.00. The minimum atomic E-state index is -0.176. The van der Waals surface area contributed by atoms with Crippen molar-refractivity contribution in [3.63, 3.8) is 0 Å². The standard InChI is InChI=1S/C7H15NO/c1-6(9)7-4-2-3-5-8-7/h6-9H,2-5H2,1H3/t6-,7-/m1/s1. The molecule has 0 saturated carbocycles. The molecule has 0 unspecified atom stereocenters. The van der Waals surface area contributed by atoms with E-state index in [1.165, 1.54) is 12.8 Å². The Labute approximate surface area is 56.3 Å². The largest absolute Gasteiger partial charge is 0.392 e. The molecule has 0 radical (unpaired) electrons. The van der Waals surface area contributed by atoms with Crippen molar-refractivity contribution >= 4 is 0 Å². The quantitative estimate of drug-likeness (QED) is 0.540. The second kappa shape index (κ2) is 3.18. The number of rotatable bonds is 1. The van der Waals surface area contributed by atoms with Gasteiger partial charge in [0.15, 0.2) is 0 Å². The van der Waals surface area contributed by atoms with Crippen molar-refractivity contribution in [3.05, 3.63) is 0 Å². The molecule has 1 aliphatic heterocycles. The van der Waals surface area contributed by atoms with Crippen LogP contribution in [0, 0.1) is 0 Å². The van der Waals surface area contributed by atoms with E-state index in [-0.39, 0.29) is 6.10 Å². The van der Waals surface area contributed by atoms with Crippen LogP contribution >= 0.6 is 0 Å². The number of piperidine rings is 1. The first-order chi connectivity index (χ1) is 4.30. The topological polar surface area (TPSA) is 32.3 Å². The van der Waals surface area contributed by atoms with Gasteiger partial charge in [-0.05, 0) is 26.3 Å². The van der Waals surface area contributed by atoms with Crippen LogP contribution in [0.15, 0.2) is 0 Å². The lowest BCUT2D eigenvalue weighted by molar-refractivity contribution is 0.130. The van der Waals surface area contributed by atoms with Gasteiger partial charge in [-0.25, -0.2) is 0 Å². The fourth-order valence-electron chi connectivity index (χ4n) is 1.29. The minimum Gasteiger partial charge on any atom is -0.392 e. The van der Waals surface area contributed by atoms with Gasteiger partial charge in [0.25, 0.3) is 0 Å². The number of nitrogens with one attached hydrogen (secondary N) is 1. The first kappa shape index (κ1) is 7.03. The smallest absolute Gasteiger partial charge is 0.0665 e. The van der Waals surface area contributed by atoms with E-state index in [1.807, 2.05) is 6.92 Å². The monoisotopic (exact) mass is 129 g/mol. The third-order valence-corrected chi connectivity index (χ3v) is 1.93. The molecule has 2 heteroatoms. The third kappa shape index (κ3) is 1.95. The minimum absolute atomic E-state index is 0.176. The second-order valence-corrected chi connectivity index (χ2v) is 2.80. The Morgan fingerprint density at radius 2 is 2.33 bits per heavy atom. The summed E-state index contributed by atoms with van der Waals surface area (Å²) in [5.41, 5.74) is 0. The van der Waals surface area contributed by atoms with Crippen molar-refractivity contribution in [2.45, 2.75) is 38.3 Å². The predicted octanol–water partition coefficient (Wildman–Crippen LogP) is 0.509. The average molecular weight is 129 g/mol. The molecule has 54 valence electrons. The molecule has 1 aliphatic rings. The molecule has 1 fully saturated rings. The summed E-state index contributed by atoms with van der Waals surface area (Å²) in [6.07, 6.45) is 3.49. The molecule has 0 aromatic heterocycles. The molecule has 0 bridgehead atoms.